The van der Waals surface area contributed by atoms with Crippen LogP contribution >= 0.6 is 0 Å². The summed E-state index contributed by atoms with van der Waals surface area (Å²) in [6.45, 7) is 6.80. The number of rotatable bonds is 4. The van der Waals surface area contributed by atoms with Crippen LogP contribution in [0.4, 0.5) is 11.4 Å². The molecular weight excluding hydrogens is 188 g/mol. The third-order valence-electron chi connectivity index (χ3n) is 2.58. The Bertz CT molecular complexity index is 334. The monoisotopic (exact) mass is 208 g/mol. The molecule has 0 unspecified atom stereocenters. The van der Waals surface area contributed by atoms with Crippen LogP contribution in [0.15, 0.2) is 18.2 Å². The van der Waals surface area contributed by atoms with Gasteiger partial charge in [0.1, 0.15) is 0 Å². The lowest BCUT2D eigenvalue weighted by molar-refractivity contribution is 0.0344. The Balaban J connectivity index is 2.70. The molecule has 3 heteroatoms. The standard InChI is InChI=1S/C12H20N2O/c1-9-6-5-7-10(11(9)13)14-8-12(2,3)15-4/h5-7,14H,8,13H2,1-4H3. The average molecular weight is 208 g/mol. The highest BCUT2D eigenvalue weighted by atomic mass is 16.5. The average Bonchev–Trinajstić information content (AvgIpc) is 2.20. The minimum Gasteiger partial charge on any atom is -0.397 e. The Morgan fingerprint density at radius 2 is 2.07 bits per heavy atom. The van der Waals surface area contributed by atoms with Crippen molar-refractivity contribution in [2.45, 2.75) is 26.4 Å². The molecule has 15 heavy (non-hydrogen) atoms. The molecule has 0 amide bonds. The SMILES string of the molecule is COC(C)(C)CNc1cccc(C)c1N. The molecule has 0 radical (unpaired) electrons. The first-order chi connectivity index (χ1) is 6.96. The normalized spacial score (nSPS) is 11.5. The quantitative estimate of drug-likeness (QED) is 0.747. The number of ether oxygens (including phenoxy) is 1. The minimum atomic E-state index is -0.184. The second-order valence-electron chi connectivity index (χ2n) is 4.35. The summed E-state index contributed by atoms with van der Waals surface area (Å²) in [4.78, 5) is 0. The van der Waals surface area contributed by atoms with Crippen molar-refractivity contribution >= 4 is 11.4 Å². The maximum Gasteiger partial charge on any atom is 0.0794 e. The maximum atomic E-state index is 5.95. The molecule has 0 aliphatic carbocycles. The number of methoxy groups -OCH3 is 1. The van der Waals surface area contributed by atoms with E-state index in [0.717, 1.165) is 23.5 Å². The number of nitrogens with one attached hydrogen (secondary N) is 1. The van der Waals surface area contributed by atoms with Crippen LogP contribution in [0.1, 0.15) is 19.4 Å². The Kier molecular flexibility index (Phi) is 3.58. The molecule has 1 aromatic rings. The maximum absolute atomic E-state index is 5.95. The Hall–Kier alpha value is -1.22. The number of aryl methyl sites for hydroxylation is 1. The van der Waals surface area contributed by atoms with Crippen molar-refractivity contribution in [2.75, 3.05) is 24.7 Å². The molecule has 0 atom stereocenters. The van der Waals surface area contributed by atoms with E-state index in [1.807, 2.05) is 39.0 Å². The largest absolute Gasteiger partial charge is 0.397 e. The van der Waals surface area contributed by atoms with Crippen molar-refractivity contribution in [3.8, 4) is 0 Å². The molecule has 0 spiro atoms. The predicted molar refractivity (Wildman–Crippen MR) is 65.2 cm³/mol. The van der Waals surface area contributed by atoms with E-state index in [2.05, 4.69) is 5.32 Å². The number of para-hydroxylation sites is 1. The van der Waals surface area contributed by atoms with E-state index < -0.39 is 0 Å². The molecule has 84 valence electrons. The van der Waals surface area contributed by atoms with Crippen molar-refractivity contribution in [2.24, 2.45) is 0 Å². The fourth-order valence-corrected chi connectivity index (χ4v) is 1.22. The van der Waals surface area contributed by atoms with E-state index in [1.165, 1.54) is 0 Å². The Morgan fingerprint density at radius 1 is 1.40 bits per heavy atom. The predicted octanol–water partition coefficient (Wildman–Crippen LogP) is 2.41. The molecule has 0 aliphatic heterocycles. The van der Waals surface area contributed by atoms with Gasteiger partial charge in [0.25, 0.3) is 0 Å². The smallest absolute Gasteiger partial charge is 0.0794 e. The first kappa shape index (κ1) is 11.9. The van der Waals surface area contributed by atoms with Crippen molar-refractivity contribution in [3.63, 3.8) is 0 Å². The van der Waals surface area contributed by atoms with Crippen LogP contribution in [-0.2, 0) is 4.74 Å². The summed E-state index contributed by atoms with van der Waals surface area (Å²) in [7, 11) is 1.71. The van der Waals surface area contributed by atoms with E-state index in [1.54, 1.807) is 7.11 Å². The lowest BCUT2D eigenvalue weighted by atomic mass is 10.1. The highest BCUT2D eigenvalue weighted by molar-refractivity contribution is 5.69. The van der Waals surface area contributed by atoms with Gasteiger partial charge >= 0.3 is 0 Å². The van der Waals surface area contributed by atoms with E-state index >= 15 is 0 Å². The summed E-state index contributed by atoms with van der Waals surface area (Å²) >= 11 is 0. The summed E-state index contributed by atoms with van der Waals surface area (Å²) in [6, 6.07) is 5.98. The lowest BCUT2D eigenvalue weighted by Gasteiger charge is -2.24. The van der Waals surface area contributed by atoms with Gasteiger partial charge in [-0.25, -0.2) is 0 Å². The van der Waals surface area contributed by atoms with Crippen molar-refractivity contribution in [1.29, 1.82) is 0 Å². The minimum absolute atomic E-state index is 0.184. The Labute approximate surface area is 91.6 Å². The van der Waals surface area contributed by atoms with Gasteiger partial charge in [0.15, 0.2) is 0 Å². The molecule has 0 saturated carbocycles. The molecule has 0 heterocycles. The van der Waals surface area contributed by atoms with Gasteiger partial charge in [0, 0.05) is 13.7 Å². The van der Waals surface area contributed by atoms with Crippen LogP contribution < -0.4 is 11.1 Å². The molecule has 1 rings (SSSR count). The number of nitrogen functional groups attached to an aromatic ring is 1. The molecule has 3 nitrogen and oxygen atoms in total. The van der Waals surface area contributed by atoms with Gasteiger partial charge in [-0.1, -0.05) is 12.1 Å². The van der Waals surface area contributed by atoms with Crippen molar-refractivity contribution in [3.05, 3.63) is 23.8 Å². The van der Waals surface area contributed by atoms with Gasteiger partial charge in [-0.05, 0) is 32.4 Å². The van der Waals surface area contributed by atoms with Crippen molar-refractivity contribution in [1.82, 2.24) is 0 Å². The highest BCUT2D eigenvalue weighted by Gasteiger charge is 2.16. The molecule has 3 N–H and O–H groups in total. The van der Waals surface area contributed by atoms with E-state index in [4.69, 9.17) is 10.5 Å². The van der Waals surface area contributed by atoms with Crippen LogP contribution in [0.5, 0.6) is 0 Å². The molecule has 1 aromatic carbocycles. The third-order valence-corrected chi connectivity index (χ3v) is 2.58. The first-order valence-corrected chi connectivity index (χ1v) is 5.10. The molecule has 0 fully saturated rings. The zero-order valence-corrected chi connectivity index (χ0v) is 9.92. The third kappa shape index (κ3) is 3.13. The van der Waals surface area contributed by atoms with Crippen LogP contribution in [0, 0.1) is 6.92 Å². The number of benzene rings is 1. The second kappa shape index (κ2) is 4.53. The summed E-state index contributed by atoms with van der Waals surface area (Å²) in [5.41, 5.74) is 8.64. The fourth-order valence-electron chi connectivity index (χ4n) is 1.22. The van der Waals surface area contributed by atoms with E-state index in [9.17, 15) is 0 Å². The highest BCUT2D eigenvalue weighted by Crippen LogP contribution is 2.22. The summed E-state index contributed by atoms with van der Waals surface area (Å²) in [6.07, 6.45) is 0. The zero-order valence-electron chi connectivity index (χ0n) is 9.92. The van der Waals surface area contributed by atoms with Crippen LogP contribution in [0.3, 0.4) is 0 Å². The lowest BCUT2D eigenvalue weighted by Crippen LogP contribution is -2.32. The van der Waals surface area contributed by atoms with Crippen molar-refractivity contribution < 1.29 is 4.74 Å². The Morgan fingerprint density at radius 3 is 2.67 bits per heavy atom. The van der Waals surface area contributed by atoms with Crippen LogP contribution in [0.2, 0.25) is 0 Å². The first-order valence-electron chi connectivity index (χ1n) is 5.10. The van der Waals surface area contributed by atoms with Gasteiger partial charge in [-0.3, -0.25) is 0 Å². The molecule has 0 bridgehead atoms. The van der Waals surface area contributed by atoms with Gasteiger partial charge in [-0.2, -0.15) is 0 Å². The van der Waals surface area contributed by atoms with E-state index in [0.29, 0.717) is 0 Å². The molecule has 0 aromatic heterocycles. The number of hydrogen-bond acceptors (Lipinski definition) is 3. The second-order valence-corrected chi connectivity index (χ2v) is 4.35. The summed E-state index contributed by atoms with van der Waals surface area (Å²) in [5, 5.41) is 3.29. The molecule has 0 aliphatic rings. The summed E-state index contributed by atoms with van der Waals surface area (Å²) in [5.74, 6) is 0. The van der Waals surface area contributed by atoms with Gasteiger partial charge in [0.2, 0.25) is 0 Å². The van der Waals surface area contributed by atoms with Gasteiger partial charge in [-0.15, -0.1) is 0 Å². The number of hydrogen-bond donors (Lipinski definition) is 2. The number of anilines is 2. The zero-order chi connectivity index (χ0) is 11.5. The molecular formula is C12H20N2O. The summed E-state index contributed by atoms with van der Waals surface area (Å²) < 4.78 is 5.33. The van der Waals surface area contributed by atoms with Gasteiger partial charge < -0.3 is 15.8 Å². The molecule has 0 saturated heterocycles. The van der Waals surface area contributed by atoms with Crippen LogP contribution in [0.25, 0.3) is 0 Å². The topological polar surface area (TPSA) is 47.3 Å². The number of nitrogens with two attached hydrogens (primary N) is 1. The van der Waals surface area contributed by atoms with E-state index in [-0.39, 0.29) is 5.60 Å². The van der Waals surface area contributed by atoms with Gasteiger partial charge in [0.05, 0.1) is 17.0 Å². The van der Waals surface area contributed by atoms with Crippen LogP contribution in [-0.4, -0.2) is 19.3 Å². The fraction of sp³-hybridized carbons (Fsp3) is 0.500.